The topological polar surface area (TPSA) is 29.5 Å². The summed E-state index contributed by atoms with van der Waals surface area (Å²) in [6, 6.07) is 7.92. The molecule has 1 aromatic carbocycles. The number of hydrogen-bond acceptors (Lipinski definition) is 2. The molecule has 1 unspecified atom stereocenters. The normalized spacial score (nSPS) is 20.0. The number of carbonyl (C=O) groups is 1. The first-order valence-electron chi connectivity index (χ1n) is 7.59. The second kappa shape index (κ2) is 6.69. The summed E-state index contributed by atoms with van der Waals surface area (Å²) >= 11 is 6.31. The molecule has 1 heterocycles. The van der Waals surface area contributed by atoms with Crippen LogP contribution in [0.2, 0.25) is 5.02 Å². The lowest BCUT2D eigenvalue weighted by atomic mass is 9.94. The summed E-state index contributed by atoms with van der Waals surface area (Å²) in [7, 11) is 0. The van der Waals surface area contributed by atoms with E-state index in [1.54, 1.807) is 0 Å². The maximum atomic E-state index is 12.3. The van der Waals surface area contributed by atoms with Crippen LogP contribution in [-0.4, -0.2) is 29.7 Å². The predicted octanol–water partition coefficient (Wildman–Crippen LogP) is 4.84. The Morgan fingerprint density at radius 3 is 2.67 bits per heavy atom. The van der Waals surface area contributed by atoms with Gasteiger partial charge in [0.15, 0.2) is 0 Å². The van der Waals surface area contributed by atoms with Gasteiger partial charge in [-0.1, -0.05) is 36.2 Å². The van der Waals surface area contributed by atoms with E-state index in [0.717, 1.165) is 36.4 Å². The molecular formula is C17H24ClNO2. The summed E-state index contributed by atoms with van der Waals surface area (Å²) in [4.78, 5) is 14.1. The molecule has 0 bridgehead atoms. The number of amides is 1. The van der Waals surface area contributed by atoms with Crippen LogP contribution in [-0.2, 0) is 4.74 Å². The highest BCUT2D eigenvalue weighted by Crippen LogP contribution is 2.31. The van der Waals surface area contributed by atoms with E-state index in [1.807, 2.05) is 43.9 Å². The largest absolute Gasteiger partial charge is 0.444 e. The zero-order valence-corrected chi connectivity index (χ0v) is 13.8. The van der Waals surface area contributed by atoms with Crippen LogP contribution in [0, 0.1) is 0 Å². The molecule has 1 aromatic rings. The molecule has 1 aliphatic rings. The van der Waals surface area contributed by atoms with Crippen LogP contribution in [0.5, 0.6) is 0 Å². The minimum absolute atomic E-state index is 0.221. The summed E-state index contributed by atoms with van der Waals surface area (Å²) in [6.07, 6.45) is 2.96. The molecule has 116 valence electrons. The number of rotatable bonds is 1. The van der Waals surface area contributed by atoms with Crippen molar-refractivity contribution in [2.75, 3.05) is 13.1 Å². The Morgan fingerprint density at radius 1 is 1.29 bits per heavy atom. The second-order valence-electron chi connectivity index (χ2n) is 6.64. The first-order chi connectivity index (χ1) is 9.87. The fourth-order valence-electron chi connectivity index (χ4n) is 2.69. The fraction of sp³-hybridized carbons (Fsp3) is 0.588. The van der Waals surface area contributed by atoms with Crippen LogP contribution in [0.1, 0.15) is 51.5 Å². The van der Waals surface area contributed by atoms with E-state index in [-0.39, 0.29) is 12.0 Å². The quantitative estimate of drug-likeness (QED) is 0.742. The monoisotopic (exact) mass is 309 g/mol. The Kier molecular flexibility index (Phi) is 5.15. The summed E-state index contributed by atoms with van der Waals surface area (Å²) in [5.74, 6) is 0.286. The highest BCUT2D eigenvalue weighted by Gasteiger charge is 2.27. The van der Waals surface area contributed by atoms with E-state index < -0.39 is 5.60 Å². The second-order valence-corrected chi connectivity index (χ2v) is 7.05. The van der Waals surface area contributed by atoms with E-state index in [9.17, 15) is 4.79 Å². The minimum atomic E-state index is -0.455. The van der Waals surface area contributed by atoms with Crippen molar-refractivity contribution in [3.05, 3.63) is 34.9 Å². The van der Waals surface area contributed by atoms with Crippen molar-refractivity contribution in [2.45, 2.75) is 51.6 Å². The Hall–Kier alpha value is -1.22. The van der Waals surface area contributed by atoms with Crippen LogP contribution < -0.4 is 0 Å². The van der Waals surface area contributed by atoms with Gasteiger partial charge in [-0.25, -0.2) is 4.79 Å². The average molecular weight is 310 g/mol. The summed E-state index contributed by atoms with van der Waals surface area (Å²) in [5.41, 5.74) is 0.679. The first kappa shape index (κ1) is 16.2. The molecule has 21 heavy (non-hydrogen) atoms. The van der Waals surface area contributed by atoms with Gasteiger partial charge in [0.1, 0.15) is 5.60 Å². The van der Waals surface area contributed by atoms with Gasteiger partial charge < -0.3 is 9.64 Å². The van der Waals surface area contributed by atoms with Gasteiger partial charge in [0, 0.05) is 24.0 Å². The van der Waals surface area contributed by atoms with Gasteiger partial charge in [0.2, 0.25) is 0 Å². The van der Waals surface area contributed by atoms with E-state index >= 15 is 0 Å². The lowest BCUT2D eigenvalue weighted by Gasteiger charge is -2.28. The van der Waals surface area contributed by atoms with E-state index in [4.69, 9.17) is 16.3 Å². The molecule has 1 amide bonds. The third-order valence-corrected chi connectivity index (χ3v) is 4.01. The van der Waals surface area contributed by atoms with Crippen molar-refractivity contribution in [1.82, 2.24) is 4.90 Å². The predicted molar refractivity (Wildman–Crippen MR) is 85.9 cm³/mol. The van der Waals surface area contributed by atoms with Crippen molar-refractivity contribution < 1.29 is 9.53 Å². The zero-order valence-electron chi connectivity index (χ0n) is 13.1. The summed E-state index contributed by atoms with van der Waals surface area (Å²) < 4.78 is 5.50. The Labute approximate surface area is 132 Å². The first-order valence-corrected chi connectivity index (χ1v) is 7.97. The number of benzene rings is 1. The Balaban J connectivity index is 2.12. The van der Waals surface area contributed by atoms with Crippen LogP contribution in [0.15, 0.2) is 24.3 Å². The molecule has 1 saturated heterocycles. The van der Waals surface area contributed by atoms with E-state index in [0.29, 0.717) is 6.54 Å². The van der Waals surface area contributed by atoms with Crippen molar-refractivity contribution >= 4 is 17.7 Å². The van der Waals surface area contributed by atoms with Crippen molar-refractivity contribution in [1.29, 1.82) is 0 Å². The molecule has 2 rings (SSSR count). The zero-order chi connectivity index (χ0) is 15.5. The van der Waals surface area contributed by atoms with Crippen LogP contribution in [0.4, 0.5) is 4.79 Å². The Morgan fingerprint density at radius 2 is 2.00 bits per heavy atom. The van der Waals surface area contributed by atoms with Crippen molar-refractivity contribution in [2.24, 2.45) is 0 Å². The molecule has 1 atom stereocenters. The number of ether oxygens (including phenoxy) is 1. The molecule has 1 aliphatic heterocycles. The molecule has 0 N–H and O–H groups in total. The third-order valence-electron chi connectivity index (χ3n) is 3.67. The molecule has 0 aromatic heterocycles. The van der Waals surface area contributed by atoms with Crippen molar-refractivity contribution in [3.63, 3.8) is 0 Å². The third kappa shape index (κ3) is 4.63. The van der Waals surface area contributed by atoms with Crippen molar-refractivity contribution in [3.8, 4) is 0 Å². The van der Waals surface area contributed by atoms with Gasteiger partial charge in [-0.2, -0.15) is 0 Å². The van der Waals surface area contributed by atoms with Crippen LogP contribution >= 0.6 is 11.6 Å². The lowest BCUT2D eigenvalue weighted by Crippen LogP contribution is -2.38. The molecule has 0 aliphatic carbocycles. The highest BCUT2D eigenvalue weighted by molar-refractivity contribution is 6.31. The lowest BCUT2D eigenvalue weighted by molar-refractivity contribution is 0.0249. The standard InChI is InChI=1S/C17H24ClNO2/c1-17(2,3)21-16(20)19-11-7-6-8-13(12-19)14-9-4-5-10-15(14)18/h4-5,9-10,13H,6-8,11-12H2,1-3H3. The molecule has 0 saturated carbocycles. The summed E-state index contributed by atoms with van der Waals surface area (Å²) in [6.45, 7) is 7.13. The molecule has 0 spiro atoms. The molecule has 4 heteroatoms. The fourth-order valence-corrected chi connectivity index (χ4v) is 2.98. The number of halogens is 1. The van der Waals surface area contributed by atoms with Crippen LogP contribution in [0.3, 0.4) is 0 Å². The maximum absolute atomic E-state index is 12.3. The van der Waals surface area contributed by atoms with Gasteiger partial charge in [-0.15, -0.1) is 0 Å². The average Bonchev–Trinajstić information content (AvgIpc) is 2.63. The van der Waals surface area contributed by atoms with Gasteiger partial charge in [0.05, 0.1) is 0 Å². The van der Waals surface area contributed by atoms with Gasteiger partial charge in [-0.3, -0.25) is 0 Å². The van der Waals surface area contributed by atoms with Gasteiger partial charge in [-0.05, 0) is 45.2 Å². The van der Waals surface area contributed by atoms with Gasteiger partial charge >= 0.3 is 6.09 Å². The number of hydrogen-bond donors (Lipinski definition) is 0. The Bertz CT molecular complexity index is 496. The number of nitrogens with zero attached hydrogens (tertiary/aromatic N) is 1. The van der Waals surface area contributed by atoms with E-state index in [2.05, 4.69) is 6.07 Å². The highest BCUT2D eigenvalue weighted by atomic mass is 35.5. The van der Waals surface area contributed by atoms with Crippen LogP contribution in [0.25, 0.3) is 0 Å². The molecule has 1 fully saturated rings. The SMILES string of the molecule is CC(C)(C)OC(=O)N1CCCCC(c2ccccc2Cl)C1. The smallest absolute Gasteiger partial charge is 0.410 e. The van der Waals surface area contributed by atoms with E-state index in [1.165, 1.54) is 0 Å². The molecule has 0 radical (unpaired) electrons. The van der Waals surface area contributed by atoms with Gasteiger partial charge in [0.25, 0.3) is 0 Å². The minimum Gasteiger partial charge on any atom is -0.444 e. The maximum Gasteiger partial charge on any atom is 0.410 e. The molecular weight excluding hydrogens is 286 g/mol. The summed E-state index contributed by atoms with van der Waals surface area (Å²) in [5, 5.41) is 0.786. The molecule has 3 nitrogen and oxygen atoms in total. The number of likely N-dealkylation sites (tertiary alicyclic amines) is 1. The number of carbonyl (C=O) groups excluding carboxylic acids is 1.